The minimum atomic E-state index is -0.240. The van der Waals surface area contributed by atoms with Crippen molar-refractivity contribution in [2.45, 2.75) is 6.54 Å². The molecule has 1 aliphatic heterocycles. The highest BCUT2D eigenvalue weighted by Gasteiger charge is 2.18. The first-order valence-electron chi connectivity index (χ1n) is 7.63. The van der Waals surface area contributed by atoms with E-state index in [1.54, 1.807) is 29.2 Å². The van der Waals surface area contributed by atoms with E-state index in [0.717, 1.165) is 49.9 Å². The molecule has 0 saturated carbocycles. The Hall–Kier alpha value is -2.06. The van der Waals surface area contributed by atoms with Crippen molar-refractivity contribution in [3.05, 3.63) is 35.9 Å². The number of benzene rings is 1. The van der Waals surface area contributed by atoms with Crippen LogP contribution in [0.3, 0.4) is 0 Å². The summed E-state index contributed by atoms with van der Waals surface area (Å²) < 4.78 is 15.3. The number of anilines is 1. The van der Waals surface area contributed by atoms with Gasteiger partial charge in [-0.2, -0.15) is 0 Å². The van der Waals surface area contributed by atoms with E-state index in [1.807, 2.05) is 0 Å². The van der Waals surface area contributed by atoms with Gasteiger partial charge in [-0.25, -0.2) is 9.37 Å². The van der Waals surface area contributed by atoms with Crippen LogP contribution in [-0.4, -0.2) is 57.4 Å². The zero-order valence-electron chi connectivity index (χ0n) is 12.6. The fraction of sp³-hybridized carbons (Fsp3) is 0.400. The summed E-state index contributed by atoms with van der Waals surface area (Å²) in [6, 6.07) is 4.76. The molecule has 1 aliphatic rings. The van der Waals surface area contributed by atoms with Crippen LogP contribution in [0.5, 0.6) is 0 Å². The van der Waals surface area contributed by atoms with Crippen LogP contribution in [0, 0.1) is 5.82 Å². The van der Waals surface area contributed by atoms with E-state index < -0.39 is 0 Å². The molecule has 3 heterocycles. The maximum atomic E-state index is 13.2. The molecule has 23 heavy (non-hydrogen) atoms. The van der Waals surface area contributed by atoms with Gasteiger partial charge in [0.2, 0.25) is 5.13 Å². The Morgan fingerprint density at radius 3 is 2.78 bits per heavy atom. The molecule has 2 aromatic heterocycles. The number of rotatable bonds is 4. The molecule has 8 heteroatoms. The molecule has 0 N–H and O–H groups in total. The third-order valence-electron chi connectivity index (χ3n) is 4.23. The average Bonchev–Trinajstić information content (AvgIpc) is 3.23. The van der Waals surface area contributed by atoms with Crippen molar-refractivity contribution in [3.63, 3.8) is 0 Å². The molecule has 0 amide bonds. The summed E-state index contributed by atoms with van der Waals surface area (Å²) in [6.45, 7) is 5.81. The van der Waals surface area contributed by atoms with Gasteiger partial charge in [0.05, 0.1) is 17.4 Å². The van der Waals surface area contributed by atoms with Gasteiger partial charge in [-0.1, -0.05) is 11.3 Å². The van der Waals surface area contributed by atoms with Crippen LogP contribution in [0.15, 0.2) is 30.0 Å². The van der Waals surface area contributed by atoms with E-state index in [2.05, 4.69) is 29.5 Å². The van der Waals surface area contributed by atoms with E-state index in [-0.39, 0.29) is 5.82 Å². The number of piperazine rings is 1. The van der Waals surface area contributed by atoms with Gasteiger partial charge in [0.1, 0.15) is 11.3 Å². The molecule has 1 saturated heterocycles. The number of aromatic nitrogens is 4. The number of imidazole rings is 1. The summed E-state index contributed by atoms with van der Waals surface area (Å²) in [4.78, 5) is 8.99. The number of fused-ring (bicyclic) bond motifs is 1. The number of hydrogen-bond acceptors (Lipinski definition) is 6. The van der Waals surface area contributed by atoms with Gasteiger partial charge in [-0.3, -0.25) is 4.90 Å². The van der Waals surface area contributed by atoms with Crippen LogP contribution in [0.4, 0.5) is 9.52 Å². The predicted octanol–water partition coefficient (Wildman–Crippen LogP) is 1.85. The quantitative estimate of drug-likeness (QED) is 0.730. The van der Waals surface area contributed by atoms with Gasteiger partial charge in [0, 0.05) is 45.3 Å². The van der Waals surface area contributed by atoms with Crippen LogP contribution in [0.2, 0.25) is 0 Å². The van der Waals surface area contributed by atoms with Gasteiger partial charge in [0.25, 0.3) is 0 Å². The van der Waals surface area contributed by atoms with Crippen LogP contribution >= 0.6 is 11.3 Å². The second kappa shape index (κ2) is 6.21. The minimum Gasteiger partial charge on any atom is -0.344 e. The Kier molecular flexibility index (Phi) is 3.92. The molecule has 1 fully saturated rings. The first-order valence-corrected chi connectivity index (χ1v) is 8.51. The summed E-state index contributed by atoms with van der Waals surface area (Å²) in [5.41, 5.74) is 3.47. The van der Waals surface area contributed by atoms with E-state index in [0.29, 0.717) is 5.52 Å². The standard InChI is InChI=1S/C15H17FN6S/c16-12-1-2-14-13(9-12)17-10-22(14)8-5-20-3-6-21(7-4-20)15-19-18-11-23-15/h1-2,9-11H,3-8H2. The zero-order valence-corrected chi connectivity index (χ0v) is 13.4. The maximum absolute atomic E-state index is 13.2. The van der Waals surface area contributed by atoms with E-state index in [9.17, 15) is 4.39 Å². The predicted molar refractivity (Wildman–Crippen MR) is 88.3 cm³/mol. The molecule has 4 rings (SSSR count). The Labute approximate surface area is 137 Å². The second-order valence-electron chi connectivity index (χ2n) is 5.62. The zero-order chi connectivity index (χ0) is 15.6. The molecule has 0 aliphatic carbocycles. The third-order valence-corrected chi connectivity index (χ3v) is 4.98. The lowest BCUT2D eigenvalue weighted by Gasteiger charge is -2.34. The largest absolute Gasteiger partial charge is 0.344 e. The van der Waals surface area contributed by atoms with Crippen molar-refractivity contribution in [2.24, 2.45) is 0 Å². The van der Waals surface area contributed by atoms with Gasteiger partial charge in [-0.05, 0) is 12.1 Å². The first-order chi connectivity index (χ1) is 11.3. The Morgan fingerprint density at radius 2 is 2.00 bits per heavy atom. The van der Waals surface area contributed by atoms with Crippen LogP contribution in [0.25, 0.3) is 11.0 Å². The summed E-state index contributed by atoms with van der Waals surface area (Å²) in [5, 5.41) is 9.03. The maximum Gasteiger partial charge on any atom is 0.208 e. The molecule has 120 valence electrons. The normalized spacial score (nSPS) is 16.3. The van der Waals surface area contributed by atoms with Crippen molar-refractivity contribution in [1.82, 2.24) is 24.6 Å². The van der Waals surface area contributed by atoms with E-state index >= 15 is 0 Å². The lowest BCUT2D eigenvalue weighted by atomic mass is 10.3. The molecule has 0 atom stereocenters. The van der Waals surface area contributed by atoms with E-state index in [4.69, 9.17) is 0 Å². The molecule has 0 bridgehead atoms. The number of hydrogen-bond donors (Lipinski definition) is 0. The van der Waals surface area contributed by atoms with Gasteiger partial charge < -0.3 is 9.47 Å². The molecule has 6 nitrogen and oxygen atoms in total. The fourth-order valence-electron chi connectivity index (χ4n) is 2.93. The highest BCUT2D eigenvalue weighted by Crippen LogP contribution is 2.18. The van der Waals surface area contributed by atoms with Crippen LogP contribution < -0.4 is 4.90 Å². The van der Waals surface area contributed by atoms with Crippen molar-refractivity contribution < 1.29 is 4.39 Å². The molecule has 0 radical (unpaired) electrons. The summed E-state index contributed by atoms with van der Waals surface area (Å²) >= 11 is 1.59. The minimum absolute atomic E-state index is 0.240. The van der Waals surface area contributed by atoms with Crippen LogP contribution in [0.1, 0.15) is 0 Å². The lowest BCUT2D eigenvalue weighted by molar-refractivity contribution is 0.249. The Morgan fingerprint density at radius 1 is 1.13 bits per heavy atom. The molecule has 1 aromatic carbocycles. The van der Waals surface area contributed by atoms with E-state index in [1.165, 1.54) is 12.1 Å². The smallest absolute Gasteiger partial charge is 0.208 e. The molecular formula is C15H17FN6S. The number of halogens is 1. The van der Waals surface area contributed by atoms with Crippen LogP contribution in [-0.2, 0) is 6.54 Å². The molecule has 0 unspecified atom stereocenters. The highest BCUT2D eigenvalue weighted by atomic mass is 32.1. The summed E-state index contributed by atoms with van der Waals surface area (Å²) in [5.74, 6) is -0.240. The van der Waals surface area contributed by atoms with Crippen molar-refractivity contribution in [1.29, 1.82) is 0 Å². The highest BCUT2D eigenvalue weighted by molar-refractivity contribution is 7.13. The monoisotopic (exact) mass is 332 g/mol. The SMILES string of the molecule is Fc1ccc2c(c1)ncn2CCN1CCN(c2nncs2)CC1. The van der Waals surface area contributed by atoms with Crippen molar-refractivity contribution in [3.8, 4) is 0 Å². The lowest BCUT2D eigenvalue weighted by Crippen LogP contribution is -2.47. The molecular weight excluding hydrogens is 315 g/mol. The van der Waals surface area contributed by atoms with Crippen molar-refractivity contribution in [2.75, 3.05) is 37.6 Å². The summed E-state index contributed by atoms with van der Waals surface area (Å²) in [6.07, 6.45) is 1.79. The average molecular weight is 332 g/mol. The summed E-state index contributed by atoms with van der Waals surface area (Å²) in [7, 11) is 0. The topological polar surface area (TPSA) is 50.1 Å². The molecule has 0 spiro atoms. The fourth-order valence-corrected chi connectivity index (χ4v) is 3.55. The van der Waals surface area contributed by atoms with Gasteiger partial charge in [-0.15, -0.1) is 10.2 Å². The third kappa shape index (κ3) is 3.04. The second-order valence-corrected chi connectivity index (χ2v) is 6.43. The Balaban J connectivity index is 1.34. The van der Waals surface area contributed by atoms with Gasteiger partial charge >= 0.3 is 0 Å². The first kappa shape index (κ1) is 14.5. The van der Waals surface area contributed by atoms with Gasteiger partial charge in [0.15, 0.2) is 0 Å². The number of nitrogens with zero attached hydrogens (tertiary/aromatic N) is 6. The van der Waals surface area contributed by atoms with Crippen molar-refractivity contribution >= 4 is 27.5 Å². The Bertz CT molecular complexity index is 778. The molecule has 3 aromatic rings.